The van der Waals surface area contributed by atoms with E-state index in [0.29, 0.717) is 13.1 Å². The summed E-state index contributed by atoms with van der Waals surface area (Å²) in [6, 6.07) is 16.7. The quantitative estimate of drug-likeness (QED) is 0.809. The van der Waals surface area contributed by atoms with Crippen molar-refractivity contribution in [2.24, 2.45) is 0 Å². The van der Waals surface area contributed by atoms with Gasteiger partial charge in [0.25, 0.3) is 0 Å². The zero-order valence-electron chi connectivity index (χ0n) is 16.0. The lowest BCUT2D eigenvalue weighted by Gasteiger charge is -2.34. The molecule has 1 fully saturated rings. The average Bonchev–Trinajstić information content (AvgIpc) is 2.87. The van der Waals surface area contributed by atoms with E-state index in [2.05, 4.69) is 57.6 Å². The van der Waals surface area contributed by atoms with E-state index in [1.54, 1.807) is 0 Å². The first-order valence-corrected chi connectivity index (χ1v) is 10.9. The van der Waals surface area contributed by atoms with Gasteiger partial charge in [0.05, 0.1) is 19.2 Å². The van der Waals surface area contributed by atoms with Gasteiger partial charge in [-0.05, 0) is 22.8 Å². The SMILES string of the molecule is O=C(CN1CCN(CCO)CC1)NC1c2ccccc2CSc2ccccc21. The van der Waals surface area contributed by atoms with Crippen molar-refractivity contribution in [3.05, 3.63) is 65.2 Å². The molecular formula is C22H27N3O2S. The molecule has 0 radical (unpaired) electrons. The van der Waals surface area contributed by atoms with Gasteiger partial charge in [0.15, 0.2) is 0 Å². The number of nitrogens with zero attached hydrogens (tertiary/aromatic N) is 2. The molecule has 1 unspecified atom stereocenters. The van der Waals surface area contributed by atoms with E-state index in [1.165, 1.54) is 21.6 Å². The van der Waals surface area contributed by atoms with Gasteiger partial charge in [-0.2, -0.15) is 0 Å². The molecule has 0 saturated carbocycles. The molecule has 2 N–H and O–H groups in total. The predicted octanol–water partition coefficient (Wildman–Crippen LogP) is 2.11. The van der Waals surface area contributed by atoms with Gasteiger partial charge < -0.3 is 10.4 Å². The monoisotopic (exact) mass is 397 g/mol. The Hall–Kier alpha value is -1.86. The molecule has 1 saturated heterocycles. The van der Waals surface area contributed by atoms with Gasteiger partial charge in [0.1, 0.15) is 0 Å². The number of amides is 1. The smallest absolute Gasteiger partial charge is 0.234 e. The Balaban J connectivity index is 1.47. The minimum Gasteiger partial charge on any atom is -0.395 e. The number of benzene rings is 2. The Morgan fingerprint density at radius 3 is 2.46 bits per heavy atom. The number of hydrogen-bond donors (Lipinski definition) is 2. The number of rotatable bonds is 5. The van der Waals surface area contributed by atoms with Crippen LogP contribution in [0.1, 0.15) is 22.7 Å². The van der Waals surface area contributed by atoms with Crippen molar-refractivity contribution in [1.29, 1.82) is 0 Å². The maximum Gasteiger partial charge on any atom is 0.234 e. The van der Waals surface area contributed by atoms with Crippen LogP contribution in [-0.4, -0.2) is 66.7 Å². The third-order valence-corrected chi connectivity index (χ3v) is 6.67. The number of aliphatic hydroxyl groups is 1. The standard InChI is InChI=1S/C22H27N3O2S/c26-14-13-24-9-11-25(12-10-24)15-21(27)23-22-18-6-2-1-5-17(18)16-28-20-8-4-3-7-19(20)22/h1-8,22,26H,9-16H2,(H,23,27). The van der Waals surface area contributed by atoms with Crippen molar-refractivity contribution < 1.29 is 9.90 Å². The molecule has 2 aromatic rings. The van der Waals surface area contributed by atoms with Crippen molar-refractivity contribution in [3.63, 3.8) is 0 Å². The van der Waals surface area contributed by atoms with E-state index in [0.717, 1.165) is 31.9 Å². The zero-order chi connectivity index (χ0) is 19.3. The molecule has 6 heteroatoms. The second-order valence-corrected chi connectivity index (χ2v) is 8.38. The molecule has 0 spiro atoms. The minimum absolute atomic E-state index is 0.0668. The molecule has 0 aromatic heterocycles. The maximum absolute atomic E-state index is 12.9. The van der Waals surface area contributed by atoms with Gasteiger partial charge >= 0.3 is 0 Å². The van der Waals surface area contributed by atoms with E-state index in [4.69, 9.17) is 5.11 Å². The highest BCUT2D eigenvalue weighted by Crippen LogP contribution is 2.39. The maximum atomic E-state index is 12.9. The van der Waals surface area contributed by atoms with Crippen molar-refractivity contribution in [3.8, 4) is 0 Å². The van der Waals surface area contributed by atoms with Crippen molar-refractivity contribution >= 4 is 17.7 Å². The number of aliphatic hydroxyl groups excluding tert-OH is 1. The summed E-state index contributed by atoms with van der Waals surface area (Å²) in [6.45, 7) is 4.86. The lowest BCUT2D eigenvalue weighted by molar-refractivity contribution is -0.123. The van der Waals surface area contributed by atoms with Crippen molar-refractivity contribution in [2.75, 3.05) is 45.9 Å². The number of carbonyl (C=O) groups is 1. The molecule has 0 aliphatic carbocycles. The Morgan fingerprint density at radius 2 is 1.68 bits per heavy atom. The van der Waals surface area contributed by atoms with Gasteiger partial charge in [0.2, 0.25) is 5.91 Å². The van der Waals surface area contributed by atoms with Crippen LogP contribution in [0.5, 0.6) is 0 Å². The van der Waals surface area contributed by atoms with Crippen LogP contribution in [0.4, 0.5) is 0 Å². The number of thioether (sulfide) groups is 1. The van der Waals surface area contributed by atoms with Gasteiger partial charge in [-0.25, -0.2) is 0 Å². The third kappa shape index (κ3) is 4.41. The second kappa shape index (κ2) is 9.09. The van der Waals surface area contributed by atoms with Crippen LogP contribution < -0.4 is 5.32 Å². The number of fused-ring (bicyclic) bond motifs is 2. The fourth-order valence-electron chi connectivity index (χ4n) is 4.00. The summed E-state index contributed by atoms with van der Waals surface area (Å²) in [4.78, 5) is 18.6. The topological polar surface area (TPSA) is 55.8 Å². The number of nitrogens with one attached hydrogen (secondary N) is 1. The van der Waals surface area contributed by atoms with Crippen LogP contribution in [0.25, 0.3) is 0 Å². The number of hydrogen-bond acceptors (Lipinski definition) is 5. The van der Waals surface area contributed by atoms with Gasteiger partial charge in [-0.1, -0.05) is 42.5 Å². The Labute approximate surface area is 170 Å². The fraction of sp³-hybridized carbons (Fsp3) is 0.409. The molecule has 2 aliphatic rings. The van der Waals surface area contributed by atoms with E-state index in [9.17, 15) is 4.79 Å². The molecule has 2 aromatic carbocycles. The lowest BCUT2D eigenvalue weighted by atomic mass is 9.95. The summed E-state index contributed by atoms with van der Waals surface area (Å²) < 4.78 is 0. The minimum atomic E-state index is -0.106. The van der Waals surface area contributed by atoms with Gasteiger partial charge in [-0.15, -0.1) is 11.8 Å². The van der Waals surface area contributed by atoms with Crippen LogP contribution >= 0.6 is 11.8 Å². The molecule has 0 bridgehead atoms. The first-order valence-electron chi connectivity index (χ1n) is 9.89. The van der Waals surface area contributed by atoms with Crippen LogP contribution in [0.3, 0.4) is 0 Å². The predicted molar refractivity (Wildman–Crippen MR) is 112 cm³/mol. The van der Waals surface area contributed by atoms with E-state index in [-0.39, 0.29) is 18.6 Å². The van der Waals surface area contributed by atoms with Crippen molar-refractivity contribution in [2.45, 2.75) is 16.7 Å². The van der Waals surface area contributed by atoms with Crippen LogP contribution in [-0.2, 0) is 10.5 Å². The highest BCUT2D eigenvalue weighted by atomic mass is 32.2. The third-order valence-electron chi connectivity index (χ3n) is 5.53. The Bertz CT molecular complexity index is 773. The number of piperazine rings is 1. The van der Waals surface area contributed by atoms with Gasteiger partial charge in [-0.3, -0.25) is 14.6 Å². The summed E-state index contributed by atoms with van der Waals surface area (Å²) in [5.41, 5.74) is 3.66. The summed E-state index contributed by atoms with van der Waals surface area (Å²) in [6.07, 6.45) is 0. The van der Waals surface area contributed by atoms with Crippen LogP contribution in [0, 0.1) is 0 Å². The average molecular weight is 398 g/mol. The summed E-state index contributed by atoms with van der Waals surface area (Å²) in [5, 5.41) is 12.4. The molecule has 2 heterocycles. The Morgan fingerprint density at radius 1 is 1.00 bits per heavy atom. The highest BCUT2D eigenvalue weighted by Gasteiger charge is 2.26. The highest BCUT2D eigenvalue weighted by molar-refractivity contribution is 7.98. The molecule has 4 rings (SSSR count). The normalized spacial score (nSPS) is 20.1. The summed E-state index contributed by atoms with van der Waals surface area (Å²) >= 11 is 1.84. The first kappa shape index (κ1) is 19.5. The van der Waals surface area contributed by atoms with Gasteiger partial charge in [0, 0.05) is 43.4 Å². The second-order valence-electron chi connectivity index (χ2n) is 7.37. The largest absolute Gasteiger partial charge is 0.395 e. The number of carbonyl (C=O) groups excluding carboxylic acids is 1. The molecule has 148 valence electrons. The van der Waals surface area contributed by atoms with Crippen molar-refractivity contribution in [1.82, 2.24) is 15.1 Å². The lowest BCUT2D eigenvalue weighted by Crippen LogP contribution is -2.50. The first-order chi connectivity index (χ1) is 13.7. The van der Waals surface area contributed by atoms with E-state index in [1.807, 2.05) is 17.8 Å². The molecule has 28 heavy (non-hydrogen) atoms. The molecule has 5 nitrogen and oxygen atoms in total. The molecule has 1 amide bonds. The molecule has 2 aliphatic heterocycles. The molecule has 1 atom stereocenters. The molecular weight excluding hydrogens is 370 g/mol. The fourth-order valence-corrected chi connectivity index (χ4v) is 5.10. The van der Waals surface area contributed by atoms with E-state index >= 15 is 0 Å². The van der Waals surface area contributed by atoms with Crippen LogP contribution in [0.2, 0.25) is 0 Å². The summed E-state index contributed by atoms with van der Waals surface area (Å²) in [5.74, 6) is 0.990. The summed E-state index contributed by atoms with van der Waals surface area (Å²) in [7, 11) is 0. The Kier molecular flexibility index (Phi) is 6.32. The van der Waals surface area contributed by atoms with Crippen LogP contribution in [0.15, 0.2) is 53.4 Å². The zero-order valence-corrected chi connectivity index (χ0v) is 16.8. The number of β-amino-alcohol motifs (C(OH)–C–C–N with tert-alkyl or cyclic N) is 1. The van der Waals surface area contributed by atoms with E-state index < -0.39 is 0 Å².